The van der Waals surface area contributed by atoms with E-state index in [1.54, 1.807) is 24.3 Å². The summed E-state index contributed by atoms with van der Waals surface area (Å²) in [5.41, 5.74) is 1.55. The van der Waals surface area contributed by atoms with E-state index < -0.39 is 0 Å². The number of nitrogens with one attached hydrogen (secondary N) is 2. The monoisotopic (exact) mass is 421 g/mol. The highest BCUT2D eigenvalue weighted by atomic mass is 16.2. The molecule has 3 rings (SSSR count). The third-order valence-electron chi connectivity index (χ3n) is 5.21. The van der Waals surface area contributed by atoms with Gasteiger partial charge in [-0.3, -0.25) is 9.59 Å². The first-order valence-corrected chi connectivity index (χ1v) is 10.7. The number of aromatic nitrogens is 2. The van der Waals surface area contributed by atoms with E-state index >= 15 is 0 Å². The summed E-state index contributed by atoms with van der Waals surface area (Å²) in [4.78, 5) is 35.8. The Morgan fingerprint density at radius 3 is 2.42 bits per heavy atom. The maximum atomic E-state index is 12.3. The number of para-hydroxylation sites is 1. The van der Waals surface area contributed by atoms with Crippen molar-refractivity contribution in [2.24, 2.45) is 0 Å². The first-order chi connectivity index (χ1) is 15.0. The van der Waals surface area contributed by atoms with E-state index in [9.17, 15) is 9.59 Å². The van der Waals surface area contributed by atoms with Crippen LogP contribution in [0.4, 0.5) is 0 Å². The van der Waals surface area contributed by atoms with Crippen molar-refractivity contribution in [1.82, 2.24) is 25.1 Å². The summed E-state index contributed by atoms with van der Waals surface area (Å²) in [6, 6.07) is 17.5. The largest absolute Gasteiger partial charge is 0.349 e. The van der Waals surface area contributed by atoms with E-state index in [0.29, 0.717) is 17.4 Å². The van der Waals surface area contributed by atoms with Crippen LogP contribution >= 0.6 is 0 Å². The van der Waals surface area contributed by atoms with Crippen LogP contribution in [0.15, 0.2) is 59.4 Å². The highest BCUT2D eigenvalue weighted by Gasteiger charge is 2.11. The Kier molecular flexibility index (Phi) is 8.32. The van der Waals surface area contributed by atoms with Crippen LogP contribution in [0.2, 0.25) is 0 Å². The smallest absolute Gasteiger partial charge is 0.287 e. The average Bonchev–Trinajstić information content (AvgIpc) is 2.77. The van der Waals surface area contributed by atoms with E-state index in [2.05, 4.69) is 63.4 Å². The number of aromatic amines is 1. The molecule has 0 fully saturated rings. The predicted molar refractivity (Wildman–Crippen MR) is 124 cm³/mol. The van der Waals surface area contributed by atoms with Gasteiger partial charge >= 0.3 is 0 Å². The van der Waals surface area contributed by atoms with Gasteiger partial charge in [-0.25, -0.2) is 4.98 Å². The Labute approximate surface area is 183 Å². The molecular formula is C24H31N5O2. The van der Waals surface area contributed by atoms with Crippen molar-refractivity contribution in [3.05, 3.63) is 76.3 Å². The molecule has 0 spiro atoms. The van der Waals surface area contributed by atoms with Gasteiger partial charge in [0, 0.05) is 13.1 Å². The summed E-state index contributed by atoms with van der Waals surface area (Å²) in [5, 5.41) is 3.32. The van der Waals surface area contributed by atoms with Crippen molar-refractivity contribution < 1.29 is 4.79 Å². The molecule has 164 valence electrons. The number of H-pyrrole nitrogens is 1. The molecule has 1 amide bonds. The van der Waals surface area contributed by atoms with E-state index in [1.807, 2.05) is 6.07 Å². The lowest BCUT2D eigenvalue weighted by atomic mass is 10.2. The molecule has 0 bridgehead atoms. The van der Waals surface area contributed by atoms with Crippen molar-refractivity contribution in [3.63, 3.8) is 0 Å². The predicted octanol–water partition coefficient (Wildman–Crippen LogP) is 2.50. The average molecular weight is 422 g/mol. The van der Waals surface area contributed by atoms with Gasteiger partial charge < -0.3 is 20.1 Å². The topological polar surface area (TPSA) is 81.3 Å². The van der Waals surface area contributed by atoms with Crippen molar-refractivity contribution in [3.8, 4) is 0 Å². The molecule has 0 saturated heterocycles. The second-order valence-electron chi connectivity index (χ2n) is 7.92. The number of hydrogen-bond donors (Lipinski definition) is 2. The first kappa shape index (κ1) is 22.7. The van der Waals surface area contributed by atoms with E-state index in [4.69, 9.17) is 0 Å². The third-order valence-corrected chi connectivity index (χ3v) is 5.21. The van der Waals surface area contributed by atoms with Gasteiger partial charge in [0.1, 0.15) is 0 Å². The summed E-state index contributed by atoms with van der Waals surface area (Å²) in [7, 11) is 4.25. The van der Waals surface area contributed by atoms with Crippen LogP contribution in [-0.4, -0.2) is 65.9 Å². The highest BCUT2D eigenvalue weighted by molar-refractivity contribution is 5.92. The number of amides is 1. The number of rotatable bonds is 11. The minimum Gasteiger partial charge on any atom is -0.349 e. The van der Waals surface area contributed by atoms with Crippen molar-refractivity contribution in [1.29, 1.82) is 0 Å². The fourth-order valence-corrected chi connectivity index (χ4v) is 3.53. The number of hydrogen-bond acceptors (Lipinski definition) is 5. The van der Waals surface area contributed by atoms with Gasteiger partial charge in [-0.2, -0.15) is 0 Å². The Morgan fingerprint density at radius 2 is 1.61 bits per heavy atom. The number of fused-ring (bicyclic) bond motifs is 1. The Balaban J connectivity index is 1.33. The van der Waals surface area contributed by atoms with Crippen LogP contribution in [-0.2, 0) is 6.54 Å². The van der Waals surface area contributed by atoms with Gasteiger partial charge in [-0.1, -0.05) is 42.5 Å². The molecule has 2 N–H and O–H groups in total. The molecule has 0 aliphatic rings. The molecular weight excluding hydrogens is 390 g/mol. The number of nitrogens with zero attached hydrogens (tertiary/aromatic N) is 3. The molecule has 0 unspecified atom stereocenters. The molecule has 31 heavy (non-hydrogen) atoms. The third kappa shape index (κ3) is 7.01. The maximum Gasteiger partial charge on any atom is 0.287 e. The van der Waals surface area contributed by atoms with Gasteiger partial charge in [0.05, 0.1) is 10.9 Å². The molecule has 7 heteroatoms. The van der Waals surface area contributed by atoms with Crippen LogP contribution in [0.1, 0.15) is 29.0 Å². The van der Waals surface area contributed by atoms with Crippen molar-refractivity contribution in [2.75, 3.05) is 40.3 Å². The molecule has 7 nitrogen and oxygen atoms in total. The summed E-state index contributed by atoms with van der Waals surface area (Å²) in [6.45, 7) is 4.43. The van der Waals surface area contributed by atoms with Gasteiger partial charge in [0.25, 0.3) is 11.5 Å². The molecule has 0 aliphatic heterocycles. The SMILES string of the molecule is CN(CCCNC(=O)c1nc2ccccc2c(=O)[nH]1)CCCN(C)Cc1ccccc1. The van der Waals surface area contributed by atoms with Crippen LogP contribution in [0.5, 0.6) is 0 Å². The van der Waals surface area contributed by atoms with E-state index in [-0.39, 0.29) is 17.3 Å². The Bertz CT molecular complexity index is 1030. The standard InChI is InChI=1S/C24H31N5O2/c1-28(16-9-17-29(2)18-19-10-4-3-5-11-19)15-8-14-25-24(31)22-26-21-13-7-6-12-20(21)23(30)27-22/h3-7,10-13H,8-9,14-18H2,1-2H3,(H,25,31)(H,26,27,30). The lowest BCUT2D eigenvalue weighted by Gasteiger charge is -2.20. The molecule has 2 aromatic carbocycles. The molecule has 0 atom stereocenters. The van der Waals surface area contributed by atoms with Gasteiger partial charge in [-0.15, -0.1) is 0 Å². The molecule has 0 aliphatic carbocycles. The fourth-order valence-electron chi connectivity index (χ4n) is 3.53. The second-order valence-corrected chi connectivity index (χ2v) is 7.92. The highest BCUT2D eigenvalue weighted by Crippen LogP contribution is 2.06. The fraction of sp³-hybridized carbons (Fsp3) is 0.375. The summed E-state index contributed by atoms with van der Waals surface area (Å²) >= 11 is 0. The summed E-state index contributed by atoms with van der Waals surface area (Å²) in [5.74, 6) is -0.299. The van der Waals surface area contributed by atoms with Gasteiger partial charge in [-0.05, 0) is 64.3 Å². The molecule has 3 aromatic rings. The maximum absolute atomic E-state index is 12.3. The van der Waals surface area contributed by atoms with E-state index in [1.165, 1.54) is 5.56 Å². The molecule has 1 aromatic heterocycles. The van der Waals surface area contributed by atoms with Gasteiger partial charge in [0.15, 0.2) is 5.82 Å². The zero-order chi connectivity index (χ0) is 22.1. The Morgan fingerprint density at radius 1 is 0.935 bits per heavy atom. The zero-order valence-electron chi connectivity index (χ0n) is 18.3. The van der Waals surface area contributed by atoms with Crippen LogP contribution in [0.3, 0.4) is 0 Å². The minimum atomic E-state index is -0.354. The van der Waals surface area contributed by atoms with E-state index in [0.717, 1.165) is 39.0 Å². The molecule has 1 heterocycles. The summed E-state index contributed by atoms with van der Waals surface area (Å²) in [6.07, 6.45) is 1.92. The quantitative estimate of drug-likeness (QED) is 0.465. The lowest BCUT2D eigenvalue weighted by Crippen LogP contribution is -2.31. The minimum absolute atomic E-state index is 0.0542. The lowest BCUT2D eigenvalue weighted by molar-refractivity contribution is 0.0941. The molecule has 0 radical (unpaired) electrons. The van der Waals surface area contributed by atoms with Gasteiger partial charge in [0.2, 0.25) is 0 Å². The first-order valence-electron chi connectivity index (χ1n) is 10.7. The Hall–Kier alpha value is -3.03. The number of carbonyl (C=O) groups excluding carboxylic acids is 1. The van der Waals surface area contributed by atoms with Crippen molar-refractivity contribution in [2.45, 2.75) is 19.4 Å². The van der Waals surface area contributed by atoms with Crippen molar-refractivity contribution >= 4 is 16.8 Å². The number of carbonyl (C=O) groups is 1. The zero-order valence-corrected chi connectivity index (χ0v) is 18.3. The summed E-state index contributed by atoms with van der Waals surface area (Å²) < 4.78 is 0. The molecule has 0 saturated carbocycles. The van der Waals surface area contributed by atoms with Crippen LogP contribution in [0, 0.1) is 0 Å². The number of benzene rings is 2. The normalized spacial score (nSPS) is 11.4. The van der Waals surface area contributed by atoms with Crippen LogP contribution in [0.25, 0.3) is 10.9 Å². The second kappa shape index (κ2) is 11.4. The van der Waals surface area contributed by atoms with Crippen LogP contribution < -0.4 is 10.9 Å².